The van der Waals surface area contributed by atoms with E-state index in [1.807, 2.05) is 0 Å². The SMILES string of the molecule is COC(C(=O)N1CCC1CNC(=O)c1ccc(S(C)(=O)=O)o1)c1cccc(Cl)c1. The molecule has 1 N–H and O–H groups in total. The Morgan fingerprint density at radius 3 is 2.66 bits per heavy atom. The molecule has 29 heavy (non-hydrogen) atoms. The van der Waals surface area contributed by atoms with Gasteiger partial charge in [0.2, 0.25) is 14.9 Å². The second-order valence-corrected chi connectivity index (χ2v) is 9.13. The van der Waals surface area contributed by atoms with Crippen molar-refractivity contribution in [3.8, 4) is 0 Å². The van der Waals surface area contributed by atoms with Gasteiger partial charge in [0.15, 0.2) is 11.9 Å². The summed E-state index contributed by atoms with van der Waals surface area (Å²) in [5.74, 6) is -0.855. The maximum atomic E-state index is 12.9. The molecule has 1 aromatic carbocycles. The number of hydrogen-bond donors (Lipinski definition) is 1. The van der Waals surface area contributed by atoms with Crippen molar-refractivity contribution in [3.05, 3.63) is 52.7 Å². The molecular weight excluding hydrogens is 420 g/mol. The van der Waals surface area contributed by atoms with E-state index in [1.54, 1.807) is 29.2 Å². The fourth-order valence-electron chi connectivity index (χ4n) is 3.08. The molecule has 2 amide bonds. The molecule has 3 rings (SSSR count). The molecule has 1 saturated heterocycles. The van der Waals surface area contributed by atoms with Crippen LogP contribution in [0.2, 0.25) is 5.02 Å². The van der Waals surface area contributed by atoms with E-state index in [0.29, 0.717) is 17.1 Å². The molecule has 1 aliphatic rings. The third-order valence-electron chi connectivity index (χ3n) is 4.71. The molecule has 0 radical (unpaired) electrons. The molecule has 0 saturated carbocycles. The fourth-order valence-corrected chi connectivity index (χ4v) is 3.84. The maximum absolute atomic E-state index is 12.9. The van der Waals surface area contributed by atoms with Gasteiger partial charge >= 0.3 is 0 Å². The summed E-state index contributed by atoms with van der Waals surface area (Å²) in [6.45, 7) is 0.768. The number of nitrogens with one attached hydrogen (secondary N) is 1. The number of likely N-dealkylation sites (tertiary alicyclic amines) is 1. The van der Waals surface area contributed by atoms with E-state index in [1.165, 1.54) is 19.2 Å². The van der Waals surface area contributed by atoms with Crippen LogP contribution in [0.25, 0.3) is 0 Å². The van der Waals surface area contributed by atoms with Gasteiger partial charge in [-0.15, -0.1) is 0 Å². The van der Waals surface area contributed by atoms with Gasteiger partial charge in [0.25, 0.3) is 11.8 Å². The fraction of sp³-hybridized carbons (Fsp3) is 0.368. The molecule has 8 nitrogen and oxygen atoms in total. The van der Waals surface area contributed by atoms with E-state index in [-0.39, 0.29) is 29.3 Å². The second kappa shape index (κ2) is 8.56. The smallest absolute Gasteiger partial charge is 0.287 e. The quantitative estimate of drug-likeness (QED) is 0.706. The molecule has 2 aromatic rings. The molecule has 1 aromatic heterocycles. The standard InChI is InChI=1S/C19H21ClN2O6S/c1-27-17(12-4-3-5-13(20)10-12)19(24)22-9-8-14(22)11-21-18(23)15-6-7-16(28-15)29(2,25)26/h3-7,10,14,17H,8-9,11H2,1-2H3,(H,21,23). The van der Waals surface area contributed by atoms with Crippen molar-refractivity contribution < 1.29 is 27.2 Å². The highest BCUT2D eigenvalue weighted by Gasteiger charge is 2.37. The van der Waals surface area contributed by atoms with Crippen LogP contribution in [0.1, 0.15) is 28.6 Å². The van der Waals surface area contributed by atoms with Crippen molar-refractivity contribution in [1.82, 2.24) is 10.2 Å². The highest BCUT2D eigenvalue weighted by atomic mass is 35.5. The van der Waals surface area contributed by atoms with Crippen molar-refractivity contribution in [2.45, 2.75) is 23.7 Å². The van der Waals surface area contributed by atoms with Crippen LogP contribution < -0.4 is 5.32 Å². The molecule has 1 aliphatic heterocycles. The van der Waals surface area contributed by atoms with Crippen LogP contribution in [-0.2, 0) is 19.4 Å². The summed E-state index contributed by atoms with van der Waals surface area (Å²) in [7, 11) is -2.07. The summed E-state index contributed by atoms with van der Waals surface area (Å²) >= 11 is 6.00. The number of amides is 2. The average molecular weight is 441 g/mol. The summed E-state index contributed by atoms with van der Waals surface area (Å²) in [6, 6.07) is 9.26. The lowest BCUT2D eigenvalue weighted by Gasteiger charge is -2.42. The van der Waals surface area contributed by atoms with Crippen molar-refractivity contribution in [2.75, 3.05) is 26.5 Å². The highest BCUT2D eigenvalue weighted by molar-refractivity contribution is 7.90. The maximum Gasteiger partial charge on any atom is 0.287 e. The number of benzene rings is 1. The number of ether oxygens (including phenoxy) is 1. The van der Waals surface area contributed by atoms with E-state index in [0.717, 1.165) is 12.7 Å². The van der Waals surface area contributed by atoms with Crippen LogP contribution in [0.4, 0.5) is 0 Å². The zero-order chi connectivity index (χ0) is 21.2. The first-order valence-electron chi connectivity index (χ1n) is 8.87. The number of methoxy groups -OCH3 is 1. The second-order valence-electron chi connectivity index (χ2n) is 6.75. The molecule has 156 valence electrons. The average Bonchev–Trinajstić information content (AvgIpc) is 3.12. The third-order valence-corrected chi connectivity index (χ3v) is 5.89. The predicted molar refractivity (Wildman–Crippen MR) is 105 cm³/mol. The molecule has 2 unspecified atom stereocenters. The number of carbonyl (C=O) groups is 2. The Hall–Kier alpha value is -2.36. The molecular formula is C19H21ClN2O6S. The summed E-state index contributed by atoms with van der Waals surface area (Å²) < 4.78 is 33.4. The van der Waals surface area contributed by atoms with Gasteiger partial charge in [-0.25, -0.2) is 8.42 Å². The van der Waals surface area contributed by atoms with Crippen molar-refractivity contribution in [3.63, 3.8) is 0 Å². The van der Waals surface area contributed by atoms with E-state index in [9.17, 15) is 18.0 Å². The van der Waals surface area contributed by atoms with Crippen LogP contribution in [0.5, 0.6) is 0 Å². The number of hydrogen-bond acceptors (Lipinski definition) is 6. The van der Waals surface area contributed by atoms with Gasteiger partial charge in [0.1, 0.15) is 0 Å². The normalized spacial score (nSPS) is 17.5. The van der Waals surface area contributed by atoms with E-state index < -0.39 is 21.8 Å². The molecule has 2 atom stereocenters. The number of furan rings is 1. The third kappa shape index (κ3) is 4.80. The Morgan fingerprint density at radius 1 is 1.34 bits per heavy atom. The van der Waals surface area contributed by atoms with Crippen LogP contribution in [0.3, 0.4) is 0 Å². The van der Waals surface area contributed by atoms with E-state index >= 15 is 0 Å². The number of nitrogens with zero attached hydrogens (tertiary/aromatic N) is 1. The van der Waals surface area contributed by atoms with Crippen molar-refractivity contribution >= 4 is 33.3 Å². The Kier molecular flexibility index (Phi) is 6.30. The first-order valence-corrected chi connectivity index (χ1v) is 11.1. The largest absolute Gasteiger partial charge is 0.440 e. The number of carbonyl (C=O) groups excluding carboxylic acids is 2. The minimum atomic E-state index is -3.53. The summed E-state index contributed by atoms with van der Waals surface area (Å²) in [5, 5.41) is 2.91. The van der Waals surface area contributed by atoms with E-state index in [4.69, 9.17) is 20.8 Å². The van der Waals surface area contributed by atoms with Crippen LogP contribution in [-0.4, -0.2) is 57.6 Å². The topological polar surface area (TPSA) is 106 Å². The Bertz CT molecular complexity index is 1020. The Labute approximate surface area is 173 Å². The molecule has 0 bridgehead atoms. The minimum Gasteiger partial charge on any atom is -0.440 e. The first kappa shape index (κ1) is 21.4. The molecule has 0 aliphatic carbocycles. The van der Waals surface area contributed by atoms with Crippen molar-refractivity contribution in [1.29, 1.82) is 0 Å². The lowest BCUT2D eigenvalue weighted by Crippen LogP contribution is -2.57. The molecule has 10 heteroatoms. The zero-order valence-corrected chi connectivity index (χ0v) is 17.5. The summed E-state index contributed by atoms with van der Waals surface area (Å²) in [4.78, 5) is 26.7. The van der Waals surface area contributed by atoms with Gasteiger partial charge in [-0.2, -0.15) is 0 Å². The number of sulfone groups is 1. The van der Waals surface area contributed by atoms with Crippen molar-refractivity contribution in [2.24, 2.45) is 0 Å². The molecule has 0 spiro atoms. The van der Waals surface area contributed by atoms with Crippen LogP contribution >= 0.6 is 11.6 Å². The van der Waals surface area contributed by atoms with Gasteiger partial charge in [-0.3, -0.25) is 9.59 Å². The van der Waals surface area contributed by atoms with Gasteiger partial charge in [-0.1, -0.05) is 23.7 Å². The monoisotopic (exact) mass is 440 g/mol. The number of rotatable bonds is 7. The molecule has 1 fully saturated rings. The minimum absolute atomic E-state index is 0.101. The summed E-state index contributed by atoms with van der Waals surface area (Å²) in [6.07, 6.45) is 0.942. The van der Waals surface area contributed by atoms with Gasteiger partial charge in [0, 0.05) is 31.5 Å². The summed E-state index contributed by atoms with van der Waals surface area (Å²) in [5.41, 5.74) is 0.656. The molecule has 2 heterocycles. The highest BCUT2D eigenvalue weighted by Crippen LogP contribution is 2.27. The Balaban J connectivity index is 1.60. The van der Waals surface area contributed by atoms with Gasteiger partial charge < -0.3 is 19.4 Å². The van der Waals surface area contributed by atoms with Gasteiger partial charge in [0.05, 0.1) is 6.04 Å². The zero-order valence-electron chi connectivity index (χ0n) is 15.9. The Morgan fingerprint density at radius 2 is 2.10 bits per heavy atom. The van der Waals surface area contributed by atoms with Crippen LogP contribution in [0.15, 0.2) is 45.9 Å². The van der Waals surface area contributed by atoms with Crippen LogP contribution in [0, 0.1) is 0 Å². The lowest BCUT2D eigenvalue weighted by molar-refractivity contribution is -0.150. The van der Waals surface area contributed by atoms with Gasteiger partial charge in [-0.05, 0) is 36.2 Å². The first-order chi connectivity index (χ1) is 13.7. The predicted octanol–water partition coefficient (Wildman–Crippen LogP) is 2.05. The number of halogens is 1. The lowest BCUT2D eigenvalue weighted by atomic mass is 9.99. The van der Waals surface area contributed by atoms with E-state index in [2.05, 4.69) is 5.32 Å².